The lowest BCUT2D eigenvalue weighted by Gasteiger charge is -2.17. The van der Waals surface area contributed by atoms with Gasteiger partial charge in [-0.25, -0.2) is 4.39 Å². The number of halogens is 1. The monoisotopic (exact) mass is 258 g/mol. The SMILES string of the molecule is Cn1cc(CCN2Cc3ccc(F)cc3C2=N)cn1. The minimum Gasteiger partial charge on any atom is -0.352 e. The van der Waals surface area contributed by atoms with Crippen LogP contribution in [0.4, 0.5) is 4.39 Å². The van der Waals surface area contributed by atoms with Crippen molar-refractivity contribution < 1.29 is 4.39 Å². The minimum absolute atomic E-state index is 0.280. The molecule has 0 saturated heterocycles. The normalized spacial score (nSPS) is 14.0. The summed E-state index contributed by atoms with van der Waals surface area (Å²) in [5.41, 5.74) is 2.89. The Hall–Kier alpha value is -2.17. The Morgan fingerprint density at radius 3 is 3.00 bits per heavy atom. The maximum Gasteiger partial charge on any atom is 0.128 e. The standard InChI is InChI=1S/C14H15FN4/c1-18-8-10(7-17-18)4-5-19-9-11-2-3-12(15)6-13(11)14(19)16/h2-3,6-8,16H,4-5,9H2,1H3. The number of amidine groups is 1. The van der Waals surface area contributed by atoms with Crippen LogP contribution in [0.3, 0.4) is 0 Å². The fourth-order valence-corrected chi connectivity index (χ4v) is 2.42. The highest BCUT2D eigenvalue weighted by Crippen LogP contribution is 2.23. The van der Waals surface area contributed by atoms with Gasteiger partial charge in [0.1, 0.15) is 11.7 Å². The molecule has 1 aromatic carbocycles. The smallest absolute Gasteiger partial charge is 0.128 e. The first kappa shape index (κ1) is 11.9. The fraction of sp³-hybridized carbons (Fsp3) is 0.286. The number of aromatic nitrogens is 2. The number of nitrogens with zero attached hydrogens (tertiary/aromatic N) is 3. The molecule has 3 rings (SSSR count). The minimum atomic E-state index is -0.280. The van der Waals surface area contributed by atoms with Crippen molar-refractivity contribution >= 4 is 5.84 Å². The average Bonchev–Trinajstić information content (AvgIpc) is 2.93. The molecule has 0 radical (unpaired) electrons. The Balaban J connectivity index is 1.70. The van der Waals surface area contributed by atoms with Gasteiger partial charge < -0.3 is 4.90 Å². The Morgan fingerprint density at radius 1 is 1.42 bits per heavy atom. The quantitative estimate of drug-likeness (QED) is 0.914. The van der Waals surface area contributed by atoms with Gasteiger partial charge in [0.05, 0.1) is 6.20 Å². The molecule has 5 heteroatoms. The highest BCUT2D eigenvalue weighted by Gasteiger charge is 2.24. The highest BCUT2D eigenvalue weighted by atomic mass is 19.1. The van der Waals surface area contributed by atoms with Crippen LogP contribution in [0.25, 0.3) is 0 Å². The first-order valence-electron chi connectivity index (χ1n) is 6.23. The number of rotatable bonds is 3. The van der Waals surface area contributed by atoms with E-state index in [0.717, 1.165) is 24.1 Å². The second-order valence-corrected chi connectivity index (χ2v) is 4.84. The van der Waals surface area contributed by atoms with Crippen LogP contribution < -0.4 is 0 Å². The number of hydrogen-bond donors (Lipinski definition) is 1. The first-order valence-corrected chi connectivity index (χ1v) is 6.23. The van der Waals surface area contributed by atoms with Gasteiger partial charge in [-0.3, -0.25) is 10.1 Å². The fourth-order valence-electron chi connectivity index (χ4n) is 2.42. The van der Waals surface area contributed by atoms with Gasteiger partial charge in [0, 0.05) is 31.9 Å². The summed E-state index contributed by atoms with van der Waals surface area (Å²) in [6.07, 6.45) is 4.66. The molecule has 0 saturated carbocycles. The van der Waals surface area contributed by atoms with E-state index in [0.29, 0.717) is 17.9 Å². The van der Waals surface area contributed by atoms with Crippen molar-refractivity contribution in [2.75, 3.05) is 6.54 Å². The van der Waals surface area contributed by atoms with Crippen LogP contribution >= 0.6 is 0 Å². The van der Waals surface area contributed by atoms with Crippen LogP contribution in [0.2, 0.25) is 0 Å². The Bertz CT molecular complexity index is 632. The highest BCUT2D eigenvalue weighted by molar-refractivity contribution is 6.00. The molecule has 1 aliphatic rings. The molecule has 0 amide bonds. The Morgan fingerprint density at radius 2 is 2.26 bits per heavy atom. The molecule has 1 N–H and O–H groups in total. The summed E-state index contributed by atoms with van der Waals surface area (Å²) in [7, 11) is 1.89. The molecular weight excluding hydrogens is 243 g/mol. The van der Waals surface area contributed by atoms with Crippen molar-refractivity contribution in [3.8, 4) is 0 Å². The zero-order valence-corrected chi connectivity index (χ0v) is 10.7. The average molecular weight is 258 g/mol. The van der Waals surface area contributed by atoms with Crippen LogP contribution in [0, 0.1) is 11.2 Å². The first-order chi connectivity index (χ1) is 9.13. The summed E-state index contributed by atoms with van der Waals surface area (Å²) < 4.78 is 15.0. The van der Waals surface area contributed by atoms with Gasteiger partial charge in [0.2, 0.25) is 0 Å². The number of benzene rings is 1. The molecule has 0 aliphatic carbocycles. The molecule has 4 nitrogen and oxygen atoms in total. The summed E-state index contributed by atoms with van der Waals surface area (Å²) in [6.45, 7) is 1.44. The summed E-state index contributed by atoms with van der Waals surface area (Å²) in [5, 5.41) is 12.2. The molecule has 0 unspecified atom stereocenters. The van der Waals surface area contributed by atoms with Crippen LogP contribution in [0.1, 0.15) is 16.7 Å². The zero-order valence-electron chi connectivity index (χ0n) is 10.7. The van der Waals surface area contributed by atoms with Gasteiger partial charge >= 0.3 is 0 Å². The Labute approximate surface area is 111 Å². The Kier molecular flexibility index (Phi) is 2.81. The topological polar surface area (TPSA) is 44.9 Å². The summed E-state index contributed by atoms with van der Waals surface area (Å²) in [5.74, 6) is 0.135. The lowest BCUT2D eigenvalue weighted by atomic mass is 10.1. The third-order valence-corrected chi connectivity index (χ3v) is 3.43. The van der Waals surface area contributed by atoms with Crippen molar-refractivity contribution in [1.82, 2.24) is 14.7 Å². The zero-order chi connectivity index (χ0) is 13.4. The van der Waals surface area contributed by atoms with E-state index in [1.165, 1.54) is 12.1 Å². The van der Waals surface area contributed by atoms with Crippen LogP contribution in [0.5, 0.6) is 0 Å². The van der Waals surface area contributed by atoms with Crippen molar-refractivity contribution in [1.29, 1.82) is 5.41 Å². The summed E-state index contributed by atoms with van der Waals surface area (Å²) >= 11 is 0. The van der Waals surface area contributed by atoms with Gasteiger partial charge in [-0.2, -0.15) is 5.10 Å². The summed E-state index contributed by atoms with van der Waals surface area (Å²) in [4.78, 5) is 1.97. The van der Waals surface area contributed by atoms with Crippen molar-refractivity contribution in [2.24, 2.45) is 7.05 Å². The predicted molar refractivity (Wildman–Crippen MR) is 70.6 cm³/mol. The molecule has 0 spiro atoms. The molecule has 2 heterocycles. The molecule has 1 aromatic heterocycles. The molecule has 2 aromatic rings. The summed E-state index contributed by atoms with van der Waals surface area (Å²) in [6, 6.07) is 4.67. The van der Waals surface area contributed by atoms with E-state index in [1.54, 1.807) is 10.7 Å². The van der Waals surface area contributed by atoms with E-state index in [4.69, 9.17) is 5.41 Å². The predicted octanol–water partition coefficient (Wildman–Crippen LogP) is 1.94. The molecular formula is C14H15FN4. The van der Waals surface area contributed by atoms with E-state index in [-0.39, 0.29) is 5.82 Å². The van der Waals surface area contributed by atoms with Gasteiger partial charge in [-0.1, -0.05) is 6.07 Å². The second kappa shape index (κ2) is 4.50. The van der Waals surface area contributed by atoms with Gasteiger partial charge in [0.25, 0.3) is 0 Å². The number of nitrogens with one attached hydrogen (secondary N) is 1. The van der Waals surface area contributed by atoms with Crippen LogP contribution in [-0.2, 0) is 20.0 Å². The molecule has 19 heavy (non-hydrogen) atoms. The maximum atomic E-state index is 13.2. The van der Waals surface area contributed by atoms with Crippen molar-refractivity contribution in [3.63, 3.8) is 0 Å². The van der Waals surface area contributed by atoms with E-state index < -0.39 is 0 Å². The molecule has 98 valence electrons. The lowest BCUT2D eigenvalue weighted by Crippen LogP contribution is -2.26. The largest absolute Gasteiger partial charge is 0.352 e. The number of hydrogen-bond acceptors (Lipinski definition) is 2. The van der Waals surface area contributed by atoms with Crippen molar-refractivity contribution in [3.05, 3.63) is 53.1 Å². The molecule has 0 atom stereocenters. The van der Waals surface area contributed by atoms with Gasteiger partial charge in [-0.05, 0) is 29.7 Å². The van der Waals surface area contributed by atoms with Crippen molar-refractivity contribution in [2.45, 2.75) is 13.0 Å². The number of aryl methyl sites for hydroxylation is 1. The van der Waals surface area contributed by atoms with E-state index in [2.05, 4.69) is 5.10 Å². The molecule has 0 fully saturated rings. The van der Waals surface area contributed by atoms with E-state index in [1.807, 2.05) is 24.3 Å². The number of fused-ring (bicyclic) bond motifs is 1. The third kappa shape index (κ3) is 2.23. The second-order valence-electron chi connectivity index (χ2n) is 4.84. The lowest BCUT2D eigenvalue weighted by molar-refractivity contribution is 0.432. The van der Waals surface area contributed by atoms with Crippen LogP contribution in [0.15, 0.2) is 30.6 Å². The molecule has 1 aliphatic heterocycles. The van der Waals surface area contributed by atoms with Gasteiger partial charge in [0.15, 0.2) is 0 Å². The van der Waals surface area contributed by atoms with E-state index >= 15 is 0 Å². The third-order valence-electron chi connectivity index (χ3n) is 3.43. The maximum absolute atomic E-state index is 13.2. The van der Waals surface area contributed by atoms with Gasteiger partial charge in [-0.15, -0.1) is 0 Å². The van der Waals surface area contributed by atoms with E-state index in [9.17, 15) is 4.39 Å². The van der Waals surface area contributed by atoms with Crippen LogP contribution in [-0.4, -0.2) is 27.1 Å². The molecule has 0 bridgehead atoms.